The van der Waals surface area contributed by atoms with E-state index in [0.717, 1.165) is 19.6 Å². The zero-order chi connectivity index (χ0) is 11.9. The summed E-state index contributed by atoms with van der Waals surface area (Å²) in [6, 6.07) is 0. The summed E-state index contributed by atoms with van der Waals surface area (Å²) in [6.07, 6.45) is 0. The molecule has 0 rings (SSSR count). The van der Waals surface area contributed by atoms with E-state index >= 15 is 0 Å². The van der Waals surface area contributed by atoms with Gasteiger partial charge in [0, 0.05) is 19.6 Å². The fraction of sp³-hybridized carbons (Fsp3) is 0.909. The van der Waals surface area contributed by atoms with Crippen LogP contribution in [0.4, 0.5) is 0 Å². The number of nitrogens with zero attached hydrogens (tertiary/aromatic N) is 1. The fourth-order valence-corrected chi connectivity index (χ4v) is 1.20. The number of rotatable bonds is 7. The first kappa shape index (κ1) is 14.4. The maximum absolute atomic E-state index is 11.6. The van der Waals surface area contributed by atoms with Gasteiger partial charge in [0.25, 0.3) is 0 Å². The van der Waals surface area contributed by atoms with Gasteiger partial charge in [-0.2, -0.15) is 0 Å². The van der Waals surface area contributed by atoms with Crippen LogP contribution in [0.2, 0.25) is 0 Å². The molecule has 90 valence electrons. The van der Waals surface area contributed by atoms with Crippen molar-refractivity contribution in [2.45, 2.75) is 27.7 Å². The zero-order valence-corrected chi connectivity index (χ0v) is 10.5. The molecule has 0 aliphatic rings. The average Bonchev–Trinajstić information content (AvgIpc) is 2.24. The molecule has 0 aromatic rings. The number of carbonyl (C=O) groups excluding carboxylic acids is 1. The Balaban J connectivity index is 3.82. The summed E-state index contributed by atoms with van der Waals surface area (Å²) >= 11 is 0. The van der Waals surface area contributed by atoms with E-state index in [1.807, 2.05) is 13.8 Å². The molecule has 0 aromatic heterocycles. The molecule has 0 aliphatic carbocycles. The normalized spacial score (nSPS) is 11.9. The van der Waals surface area contributed by atoms with Gasteiger partial charge < -0.3 is 16.0 Å². The first-order valence-corrected chi connectivity index (χ1v) is 5.68. The molecule has 4 heteroatoms. The predicted octanol–water partition coefficient (Wildman–Crippen LogP) is 0.429. The van der Waals surface area contributed by atoms with Crippen molar-refractivity contribution in [2.24, 2.45) is 11.1 Å². The summed E-state index contributed by atoms with van der Waals surface area (Å²) in [7, 11) is 0. The largest absolute Gasteiger partial charge is 0.354 e. The highest BCUT2D eigenvalue weighted by molar-refractivity contribution is 5.81. The van der Waals surface area contributed by atoms with E-state index in [4.69, 9.17) is 5.73 Å². The van der Waals surface area contributed by atoms with Crippen molar-refractivity contribution in [2.75, 3.05) is 32.7 Å². The molecule has 15 heavy (non-hydrogen) atoms. The van der Waals surface area contributed by atoms with Crippen LogP contribution in [-0.2, 0) is 4.79 Å². The van der Waals surface area contributed by atoms with Crippen molar-refractivity contribution in [1.29, 1.82) is 0 Å². The molecule has 0 aliphatic heterocycles. The summed E-state index contributed by atoms with van der Waals surface area (Å²) in [5.41, 5.74) is 5.06. The van der Waals surface area contributed by atoms with Gasteiger partial charge in [-0.05, 0) is 26.9 Å². The second kappa shape index (κ2) is 6.80. The molecule has 3 N–H and O–H groups in total. The van der Waals surface area contributed by atoms with Gasteiger partial charge >= 0.3 is 0 Å². The first-order valence-electron chi connectivity index (χ1n) is 5.68. The topological polar surface area (TPSA) is 58.4 Å². The molecule has 0 heterocycles. The molecule has 0 aromatic carbocycles. The van der Waals surface area contributed by atoms with Gasteiger partial charge in [-0.3, -0.25) is 4.79 Å². The van der Waals surface area contributed by atoms with Crippen LogP contribution in [0.25, 0.3) is 0 Å². The second-order valence-electron chi connectivity index (χ2n) is 4.37. The molecule has 0 spiro atoms. The summed E-state index contributed by atoms with van der Waals surface area (Å²) in [5, 5.41) is 2.91. The van der Waals surface area contributed by atoms with Gasteiger partial charge in [-0.25, -0.2) is 0 Å². The standard InChI is InChI=1S/C11H25N3O/c1-5-14(6-2)8-7-13-10(15)11(3,4)9-12/h5-9,12H2,1-4H3,(H,13,15). The SMILES string of the molecule is CCN(CC)CCNC(=O)C(C)(C)CN. The highest BCUT2D eigenvalue weighted by Crippen LogP contribution is 2.11. The smallest absolute Gasteiger partial charge is 0.226 e. The van der Waals surface area contributed by atoms with Gasteiger partial charge in [-0.15, -0.1) is 0 Å². The summed E-state index contributed by atoms with van der Waals surface area (Å²) in [4.78, 5) is 13.9. The fourth-order valence-electron chi connectivity index (χ4n) is 1.20. The first-order chi connectivity index (χ1) is 6.97. The third-order valence-corrected chi connectivity index (χ3v) is 2.73. The number of hydrogen-bond acceptors (Lipinski definition) is 3. The van der Waals surface area contributed by atoms with Crippen molar-refractivity contribution in [1.82, 2.24) is 10.2 Å². The quantitative estimate of drug-likeness (QED) is 0.647. The minimum Gasteiger partial charge on any atom is -0.354 e. The molecule has 0 unspecified atom stereocenters. The van der Waals surface area contributed by atoms with Gasteiger partial charge in [0.2, 0.25) is 5.91 Å². The number of carbonyl (C=O) groups is 1. The van der Waals surface area contributed by atoms with Crippen molar-refractivity contribution in [3.8, 4) is 0 Å². The van der Waals surface area contributed by atoms with E-state index in [2.05, 4.69) is 24.1 Å². The average molecular weight is 215 g/mol. The van der Waals surface area contributed by atoms with Gasteiger partial charge in [-0.1, -0.05) is 13.8 Å². The lowest BCUT2D eigenvalue weighted by atomic mass is 9.93. The Morgan fingerprint density at radius 2 is 1.87 bits per heavy atom. The van der Waals surface area contributed by atoms with Crippen LogP contribution in [-0.4, -0.2) is 43.5 Å². The Kier molecular flexibility index (Phi) is 6.52. The van der Waals surface area contributed by atoms with E-state index in [1.165, 1.54) is 0 Å². The third-order valence-electron chi connectivity index (χ3n) is 2.73. The molecule has 1 amide bonds. The van der Waals surface area contributed by atoms with Crippen LogP contribution in [0, 0.1) is 5.41 Å². The number of nitrogens with two attached hydrogens (primary N) is 1. The summed E-state index contributed by atoms with van der Waals surface area (Å²) in [6.45, 7) is 12.0. The maximum Gasteiger partial charge on any atom is 0.226 e. The van der Waals surface area contributed by atoms with Crippen molar-refractivity contribution in [3.63, 3.8) is 0 Å². The minimum absolute atomic E-state index is 0.0390. The summed E-state index contributed by atoms with van der Waals surface area (Å²) < 4.78 is 0. The monoisotopic (exact) mass is 215 g/mol. The Bertz CT molecular complexity index is 188. The summed E-state index contributed by atoms with van der Waals surface area (Å²) in [5.74, 6) is 0.0390. The number of hydrogen-bond donors (Lipinski definition) is 2. The van der Waals surface area contributed by atoms with Crippen LogP contribution in [0.5, 0.6) is 0 Å². The van der Waals surface area contributed by atoms with E-state index in [-0.39, 0.29) is 5.91 Å². The third kappa shape index (κ3) is 5.14. The molecule has 4 nitrogen and oxygen atoms in total. The van der Waals surface area contributed by atoms with E-state index in [0.29, 0.717) is 13.1 Å². The Morgan fingerprint density at radius 3 is 2.27 bits per heavy atom. The van der Waals surface area contributed by atoms with Crippen LogP contribution in [0.1, 0.15) is 27.7 Å². The lowest BCUT2D eigenvalue weighted by Crippen LogP contribution is -2.44. The number of amides is 1. The van der Waals surface area contributed by atoms with E-state index in [1.54, 1.807) is 0 Å². The van der Waals surface area contributed by atoms with Crippen LogP contribution < -0.4 is 11.1 Å². The van der Waals surface area contributed by atoms with Crippen molar-refractivity contribution >= 4 is 5.91 Å². The van der Waals surface area contributed by atoms with Crippen LogP contribution in [0.15, 0.2) is 0 Å². The molecular weight excluding hydrogens is 190 g/mol. The zero-order valence-electron chi connectivity index (χ0n) is 10.5. The molecule has 0 atom stereocenters. The molecule has 0 saturated carbocycles. The highest BCUT2D eigenvalue weighted by atomic mass is 16.2. The predicted molar refractivity (Wildman–Crippen MR) is 63.6 cm³/mol. The number of likely N-dealkylation sites (N-methyl/N-ethyl adjacent to an activating group) is 1. The molecule has 0 fully saturated rings. The molecule has 0 radical (unpaired) electrons. The maximum atomic E-state index is 11.6. The van der Waals surface area contributed by atoms with Crippen LogP contribution in [0.3, 0.4) is 0 Å². The Hall–Kier alpha value is -0.610. The number of nitrogens with one attached hydrogen (secondary N) is 1. The van der Waals surface area contributed by atoms with E-state index in [9.17, 15) is 4.79 Å². The molecule has 0 saturated heterocycles. The van der Waals surface area contributed by atoms with Gasteiger partial charge in [0.05, 0.1) is 5.41 Å². The highest BCUT2D eigenvalue weighted by Gasteiger charge is 2.25. The van der Waals surface area contributed by atoms with Gasteiger partial charge in [0.15, 0.2) is 0 Å². The Labute approximate surface area is 93.2 Å². The molecular formula is C11H25N3O. The minimum atomic E-state index is -0.455. The molecule has 0 bridgehead atoms. The van der Waals surface area contributed by atoms with Crippen molar-refractivity contribution < 1.29 is 4.79 Å². The lowest BCUT2D eigenvalue weighted by molar-refractivity contribution is -0.128. The van der Waals surface area contributed by atoms with Gasteiger partial charge in [0.1, 0.15) is 0 Å². The van der Waals surface area contributed by atoms with Crippen molar-refractivity contribution in [3.05, 3.63) is 0 Å². The second-order valence-corrected chi connectivity index (χ2v) is 4.37. The van der Waals surface area contributed by atoms with Crippen LogP contribution >= 0.6 is 0 Å². The lowest BCUT2D eigenvalue weighted by Gasteiger charge is -2.23. The Morgan fingerprint density at radius 1 is 1.33 bits per heavy atom. The van der Waals surface area contributed by atoms with E-state index < -0.39 is 5.41 Å².